The molecule has 0 bridgehead atoms. The molecule has 17 heavy (non-hydrogen) atoms. The number of nitrogens with zero attached hydrogens (tertiary/aromatic N) is 2. The van der Waals surface area contributed by atoms with Crippen molar-refractivity contribution in [2.24, 2.45) is 0 Å². The predicted octanol–water partition coefficient (Wildman–Crippen LogP) is 2.53. The molecule has 84 valence electrons. The van der Waals surface area contributed by atoms with E-state index in [1.807, 2.05) is 37.3 Å². The van der Waals surface area contributed by atoms with Crippen LogP contribution in [0.1, 0.15) is 17.0 Å². The topological polar surface area (TPSA) is 51.8 Å². The third-order valence-corrected chi connectivity index (χ3v) is 3.08. The molecule has 0 unspecified atom stereocenters. The van der Waals surface area contributed by atoms with Crippen molar-refractivity contribution in [3.8, 4) is 11.8 Å². The number of rotatable bonds is 0. The number of nitrogen functional groups attached to an aromatic ring is 1. The summed E-state index contributed by atoms with van der Waals surface area (Å²) in [4.78, 5) is 8.14. The summed E-state index contributed by atoms with van der Waals surface area (Å²) in [6, 6.07) is 9.72. The number of hydrogen-bond donors (Lipinski definition) is 1. The van der Waals surface area contributed by atoms with Gasteiger partial charge in [-0.15, -0.1) is 0 Å². The molecule has 4 heteroatoms. The van der Waals surface area contributed by atoms with Crippen molar-refractivity contribution in [1.29, 1.82) is 0 Å². The van der Waals surface area contributed by atoms with Gasteiger partial charge in [-0.2, -0.15) is 0 Å². The first kappa shape index (κ1) is 11.6. The van der Waals surface area contributed by atoms with Gasteiger partial charge in [-0.3, -0.25) is 0 Å². The second-order valence-electron chi connectivity index (χ2n) is 3.45. The van der Waals surface area contributed by atoms with Crippen LogP contribution in [-0.2, 0) is 0 Å². The van der Waals surface area contributed by atoms with Gasteiger partial charge in [0.1, 0.15) is 5.69 Å². The Morgan fingerprint density at radius 1 is 1.12 bits per heavy atom. The van der Waals surface area contributed by atoms with E-state index < -0.39 is 0 Å². The van der Waals surface area contributed by atoms with E-state index in [0.717, 1.165) is 15.7 Å². The average Bonchev–Trinajstić information content (AvgIpc) is 2.33. The molecule has 3 nitrogen and oxygen atoms in total. The Bertz CT molecular complexity index is 597. The summed E-state index contributed by atoms with van der Waals surface area (Å²) in [5.74, 6) is 6.25. The zero-order chi connectivity index (χ0) is 12.3. The van der Waals surface area contributed by atoms with Gasteiger partial charge < -0.3 is 5.73 Å². The lowest BCUT2D eigenvalue weighted by atomic mass is 10.2. The molecule has 2 N–H and O–H groups in total. The lowest BCUT2D eigenvalue weighted by Gasteiger charge is -2.00. The van der Waals surface area contributed by atoms with Gasteiger partial charge in [-0.25, -0.2) is 9.97 Å². The predicted molar refractivity (Wildman–Crippen MR) is 71.3 cm³/mol. The van der Waals surface area contributed by atoms with Crippen LogP contribution in [-0.4, -0.2) is 9.97 Å². The number of halogens is 1. The minimum Gasteiger partial charge on any atom is -0.368 e. The quantitative estimate of drug-likeness (QED) is 0.758. The highest BCUT2D eigenvalue weighted by Gasteiger charge is 2.04. The summed E-state index contributed by atoms with van der Waals surface area (Å²) in [7, 11) is 0. The van der Waals surface area contributed by atoms with Gasteiger partial charge in [0.05, 0.1) is 10.2 Å². The van der Waals surface area contributed by atoms with Crippen LogP contribution in [0.3, 0.4) is 0 Å². The van der Waals surface area contributed by atoms with E-state index in [9.17, 15) is 0 Å². The van der Waals surface area contributed by atoms with E-state index in [2.05, 4.69) is 37.7 Å². The molecule has 1 heterocycles. The molecule has 0 atom stereocenters. The van der Waals surface area contributed by atoms with E-state index in [-0.39, 0.29) is 5.95 Å². The lowest BCUT2D eigenvalue weighted by Crippen LogP contribution is -2.00. The van der Waals surface area contributed by atoms with Crippen molar-refractivity contribution >= 4 is 21.9 Å². The Labute approximate surface area is 108 Å². The smallest absolute Gasteiger partial charge is 0.221 e. The van der Waals surface area contributed by atoms with Crippen LogP contribution in [0.15, 0.2) is 34.8 Å². The van der Waals surface area contributed by atoms with E-state index in [0.29, 0.717) is 5.69 Å². The molecule has 1 aromatic carbocycles. The van der Waals surface area contributed by atoms with Crippen molar-refractivity contribution in [3.05, 3.63) is 51.8 Å². The number of benzene rings is 1. The first-order chi connectivity index (χ1) is 8.16. The summed E-state index contributed by atoms with van der Waals surface area (Å²) in [5.41, 5.74) is 7.92. The van der Waals surface area contributed by atoms with Crippen molar-refractivity contribution in [1.82, 2.24) is 9.97 Å². The Morgan fingerprint density at radius 3 is 2.53 bits per heavy atom. The molecule has 2 rings (SSSR count). The van der Waals surface area contributed by atoms with Gasteiger partial charge >= 0.3 is 0 Å². The minimum absolute atomic E-state index is 0.239. The highest BCUT2D eigenvalue weighted by Crippen LogP contribution is 2.18. The molecule has 0 fully saturated rings. The standard InChI is InChI=1S/C13H10BrN3/c1-9-12(14)11(17-13(15)16-9)8-7-10-5-3-2-4-6-10/h2-6H,1H3,(H2,15,16,17). The fourth-order valence-electron chi connectivity index (χ4n) is 1.32. The van der Waals surface area contributed by atoms with E-state index >= 15 is 0 Å². The fraction of sp³-hybridized carbons (Fsp3) is 0.0769. The summed E-state index contributed by atoms with van der Waals surface area (Å²) < 4.78 is 0.787. The first-order valence-electron chi connectivity index (χ1n) is 5.03. The molecule has 0 saturated heterocycles. The maximum atomic E-state index is 5.59. The first-order valence-corrected chi connectivity index (χ1v) is 5.83. The van der Waals surface area contributed by atoms with E-state index in [1.54, 1.807) is 0 Å². The van der Waals surface area contributed by atoms with Crippen LogP contribution in [0, 0.1) is 18.8 Å². The Balaban J connectivity index is 2.41. The molecular formula is C13H10BrN3. The molecule has 0 radical (unpaired) electrons. The zero-order valence-electron chi connectivity index (χ0n) is 9.24. The molecule has 0 aliphatic carbocycles. The van der Waals surface area contributed by atoms with Crippen LogP contribution < -0.4 is 5.73 Å². The average molecular weight is 288 g/mol. The summed E-state index contributed by atoms with van der Waals surface area (Å²) in [6.45, 7) is 1.86. The van der Waals surface area contributed by atoms with Crippen molar-refractivity contribution in [2.45, 2.75) is 6.92 Å². The maximum absolute atomic E-state index is 5.59. The largest absolute Gasteiger partial charge is 0.368 e. The monoisotopic (exact) mass is 287 g/mol. The van der Waals surface area contributed by atoms with E-state index in [4.69, 9.17) is 5.73 Å². The molecule has 2 aromatic rings. The van der Waals surface area contributed by atoms with Crippen LogP contribution in [0.25, 0.3) is 0 Å². The molecule has 1 aromatic heterocycles. The Morgan fingerprint density at radius 2 is 1.82 bits per heavy atom. The van der Waals surface area contributed by atoms with Gasteiger partial charge in [0.15, 0.2) is 0 Å². The van der Waals surface area contributed by atoms with Gasteiger partial charge in [0.2, 0.25) is 5.95 Å². The number of aryl methyl sites for hydroxylation is 1. The highest BCUT2D eigenvalue weighted by atomic mass is 79.9. The van der Waals surface area contributed by atoms with Crippen molar-refractivity contribution < 1.29 is 0 Å². The van der Waals surface area contributed by atoms with Gasteiger partial charge in [0, 0.05) is 5.56 Å². The molecule has 0 saturated carbocycles. The molecule has 0 aliphatic rings. The van der Waals surface area contributed by atoms with Gasteiger partial charge in [0.25, 0.3) is 0 Å². The van der Waals surface area contributed by atoms with Crippen molar-refractivity contribution in [2.75, 3.05) is 5.73 Å². The number of aromatic nitrogens is 2. The number of nitrogens with two attached hydrogens (primary N) is 1. The summed E-state index contributed by atoms with van der Waals surface area (Å²) in [5, 5.41) is 0. The summed E-state index contributed by atoms with van der Waals surface area (Å²) in [6.07, 6.45) is 0. The van der Waals surface area contributed by atoms with Crippen LogP contribution in [0.4, 0.5) is 5.95 Å². The third kappa shape index (κ3) is 2.83. The number of anilines is 1. The lowest BCUT2D eigenvalue weighted by molar-refractivity contribution is 1.08. The molecule has 0 spiro atoms. The minimum atomic E-state index is 0.239. The SMILES string of the molecule is Cc1nc(N)nc(C#Cc2ccccc2)c1Br. The second-order valence-corrected chi connectivity index (χ2v) is 4.24. The third-order valence-electron chi connectivity index (χ3n) is 2.13. The van der Waals surface area contributed by atoms with Gasteiger partial charge in [-0.1, -0.05) is 24.1 Å². The Hall–Kier alpha value is -1.86. The fourth-order valence-corrected chi connectivity index (χ4v) is 1.59. The molecular weight excluding hydrogens is 278 g/mol. The second kappa shape index (κ2) is 4.98. The van der Waals surface area contributed by atoms with Crippen LogP contribution in [0.2, 0.25) is 0 Å². The van der Waals surface area contributed by atoms with Crippen molar-refractivity contribution in [3.63, 3.8) is 0 Å². The zero-order valence-corrected chi connectivity index (χ0v) is 10.8. The molecule has 0 aliphatic heterocycles. The maximum Gasteiger partial charge on any atom is 0.221 e. The van der Waals surface area contributed by atoms with E-state index in [1.165, 1.54) is 0 Å². The van der Waals surface area contributed by atoms with Crippen LogP contribution in [0.5, 0.6) is 0 Å². The number of hydrogen-bond acceptors (Lipinski definition) is 3. The Kier molecular flexibility index (Phi) is 3.40. The molecule has 0 amide bonds. The van der Waals surface area contributed by atoms with Crippen LogP contribution >= 0.6 is 15.9 Å². The summed E-state index contributed by atoms with van der Waals surface area (Å²) >= 11 is 3.40. The normalized spacial score (nSPS) is 9.53. The highest BCUT2D eigenvalue weighted by molar-refractivity contribution is 9.10. The van der Waals surface area contributed by atoms with Gasteiger partial charge in [-0.05, 0) is 40.9 Å².